The van der Waals surface area contributed by atoms with Gasteiger partial charge in [-0.3, -0.25) is 9.59 Å². The highest BCUT2D eigenvalue weighted by molar-refractivity contribution is 5.82. The number of rotatable bonds is 10. The lowest BCUT2D eigenvalue weighted by atomic mass is 9.87. The van der Waals surface area contributed by atoms with Crippen molar-refractivity contribution in [2.24, 2.45) is 5.92 Å². The zero-order valence-corrected chi connectivity index (χ0v) is 22.3. The van der Waals surface area contributed by atoms with Crippen LogP contribution in [-0.4, -0.2) is 44.0 Å². The maximum absolute atomic E-state index is 12.4. The van der Waals surface area contributed by atoms with E-state index in [1.165, 1.54) is 0 Å². The Hall–Kier alpha value is -4.17. The molecule has 0 heterocycles. The Morgan fingerprint density at radius 2 is 1.35 bits per heavy atom. The topological polar surface area (TPSA) is 103 Å². The molecule has 3 aromatic rings. The van der Waals surface area contributed by atoms with Gasteiger partial charge in [-0.05, 0) is 53.5 Å². The van der Waals surface area contributed by atoms with Crippen molar-refractivity contribution in [1.29, 1.82) is 0 Å². The maximum atomic E-state index is 12.4. The molecule has 0 spiro atoms. The molecule has 8 nitrogen and oxygen atoms in total. The zero-order chi connectivity index (χ0) is 27.7. The summed E-state index contributed by atoms with van der Waals surface area (Å²) in [5.74, 6) is -0.706. The van der Waals surface area contributed by atoms with Crippen LogP contribution in [-0.2, 0) is 30.4 Å². The average molecular weight is 543 g/mol. The monoisotopic (exact) mass is 542 g/mol. The summed E-state index contributed by atoms with van der Waals surface area (Å²) in [6.07, 6.45) is 2.15. The number of alkyl carbamates (subject to hydrolysis) is 1. The van der Waals surface area contributed by atoms with Crippen molar-refractivity contribution >= 4 is 18.0 Å². The molecular weight excluding hydrogens is 508 g/mol. The van der Waals surface area contributed by atoms with Gasteiger partial charge in [0.15, 0.2) is 0 Å². The summed E-state index contributed by atoms with van der Waals surface area (Å²) in [4.78, 5) is 36.8. The first kappa shape index (κ1) is 27.4. The van der Waals surface area contributed by atoms with Crippen molar-refractivity contribution in [3.05, 3.63) is 95.6 Å². The average Bonchev–Trinajstić information content (AvgIpc) is 3.32. The molecule has 40 heavy (non-hydrogen) atoms. The minimum atomic E-state index is -0.643. The van der Waals surface area contributed by atoms with E-state index in [-0.39, 0.29) is 56.3 Å². The molecule has 0 bridgehead atoms. The van der Waals surface area contributed by atoms with Crippen LogP contribution in [0.2, 0.25) is 0 Å². The van der Waals surface area contributed by atoms with Gasteiger partial charge in [0.2, 0.25) is 5.91 Å². The molecule has 1 fully saturated rings. The van der Waals surface area contributed by atoms with Crippen LogP contribution in [0.3, 0.4) is 0 Å². The van der Waals surface area contributed by atoms with Crippen LogP contribution in [0, 0.1) is 5.92 Å². The Morgan fingerprint density at radius 3 is 2.02 bits per heavy atom. The lowest BCUT2D eigenvalue weighted by Crippen LogP contribution is -2.39. The Balaban J connectivity index is 0.954. The number of carbonyl (C=O) groups is 3. The molecule has 8 heteroatoms. The van der Waals surface area contributed by atoms with Crippen LogP contribution in [0.15, 0.2) is 78.9 Å². The smallest absolute Gasteiger partial charge is 0.407 e. The number of hydrogen-bond acceptors (Lipinski definition) is 6. The highest BCUT2D eigenvalue weighted by atomic mass is 16.5. The van der Waals surface area contributed by atoms with Gasteiger partial charge in [0.1, 0.15) is 26.5 Å². The van der Waals surface area contributed by atoms with Gasteiger partial charge in [-0.2, -0.15) is 0 Å². The van der Waals surface area contributed by atoms with E-state index in [0.717, 1.165) is 40.7 Å². The standard InChI is InChI=1S/C32H34N2O6/c35-30(34-21-40-24-16-14-23(15-17-24)31(36)38-19-22-8-2-1-3-9-22)18-33-32(37)39-20-29-27-12-6-4-10-25(27)26-11-5-7-13-28(26)29/h1-13,23-24,29H,14-21H2,(H,33,37)(H,34,35)/t23-,24-. The van der Waals surface area contributed by atoms with E-state index in [4.69, 9.17) is 14.2 Å². The number of carbonyl (C=O) groups excluding carboxylic acids is 3. The summed E-state index contributed by atoms with van der Waals surface area (Å²) in [5, 5.41) is 5.16. The molecule has 5 rings (SSSR count). The third kappa shape index (κ3) is 6.87. The van der Waals surface area contributed by atoms with Gasteiger partial charge in [-0.1, -0.05) is 78.9 Å². The summed E-state index contributed by atoms with van der Waals surface area (Å²) in [6, 6.07) is 25.9. The second-order valence-corrected chi connectivity index (χ2v) is 10.2. The number of nitrogens with one attached hydrogen (secondary N) is 2. The first-order valence-corrected chi connectivity index (χ1v) is 13.8. The van der Waals surface area contributed by atoms with E-state index in [1.807, 2.05) is 54.6 Å². The number of hydrogen-bond donors (Lipinski definition) is 2. The van der Waals surface area contributed by atoms with E-state index < -0.39 is 6.09 Å². The fraction of sp³-hybridized carbons (Fsp3) is 0.344. The van der Waals surface area contributed by atoms with Crippen LogP contribution < -0.4 is 10.6 Å². The van der Waals surface area contributed by atoms with Gasteiger partial charge in [-0.25, -0.2) is 4.79 Å². The molecule has 0 unspecified atom stereocenters. The molecule has 1 saturated carbocycles. The summed E-state index contributed by atoms with van der Waals surface area (Å²) in [7, 11) is 0. The highest BCUT2D eigenvalue weighted by Crippen LogP contribution is 2.44. The molecule has 208 valence electrons. The first-order valence-electron chi connectivity index (χ1n) is 13.8. The van der Waals surface area contributed by atoms with Gasteiger partial charge in [0, 0.05) is 5.92 Å². The van der Waals surface area contributed by atoms with Crippen molar-refractivity contribution < 1.29 is 28.6 Å². The van der Waals surface area contributed by atoms with Crippen LogP contribution in [0.25, 0.3) is 11.1 Å². The van der Waals surface area contributed by atoms with Crippen molar-refractivity contribution in [3.63, 3.8) is 0 Å². The predicted molar refractivity (Wildman–Crippen MR) is 149 cm³/mol. The molecule has 2 aliphatic carbocycles. The molecule has 0 saturated heterocycles. The summed E-state index contributed by atoms with van der Waals surface area (Å²) < 4.78 is 16.7. The third-order valence-corrected chi connectivity index (χ3v) is 7.56. The zero-order valence-electron chi connectivity index (χ0n) is 22.3. The van der Waals surface area contributed by atoms with Gasteiger partial charge < -0.3 is 24.8 Å². The van der Waals surface area contributed by atoms with Gasteiger partial charge >= 0.3 is 12.1 Å². The van der Waals surface area contributed by atoms with Crippen LogP contribution in [0.5, 0.6) is 0 Å². The minimum absolute atomic E-state index is 0.0337. The summed E-state index contributed by atoms with van der Waals surface area (Å²) in [6.45, 7) is 0.304. The van der Waals surface area contributed by atoms with Crippen molar-refractivity contribution in [3.8, 4) is 11.1 Å². The second-order valence-electron chi connectivity index (χ2n) is 10.2. The second kappa shape index (κ2) is 13.3. The van der Waals surface area contributed by atoms with E-state index >= 15 is 0 Å². The normalized spacial score (nSPS) is 17.8. The fourth-order valence-electron chi connectivity index (χ4n) is 5.42. The summed E-state index contributed by atoms with van der Waals surface area (Å²) >= 11 is 0. The van der Waals surface area contributed by atoms with Crippen molar-refractivity contribution in [2.45, 2.75) is 44.3 Å². The number of ether oxygens (including phenoxy) is 3. The third-order valence-electron chi connectivity index (χ3n) is 7.56. The molecule has 3 aromatic carbocycles. The number of amides is 2. The van der Waals surface area contributed by atoms with Crippen molar-refractivity contribution in [1.82, 2.24) is 10.6 Å². The predicted octanol–water partition coefficient (Wildman–Crippen LogP) is 4.92. The Bertz CT molecular complexity index is 1270. The van der Waals surface area contributed by atoms with Crippen LogP contribution >= 0.6 is 0 Å². The fourth-order valence-corrected chi connectivity index (χ4v) is 5.42. The molecule has 0 atom stereocenters. The SMILES string of the molecule is O=C(CNC(=O)OCC1c2ccccc2-c2ccccc21)NCO[C@H]1CC[C@H](C(=O)OCc2ccccc2)CC1. The van der Waals surface area contributed by atoms with Crippen LogP contribution in [0.1, 0.15) is 48.3 Å². The Morgan fingerprint density at radius 1 is 0.725 bits per heavy atom. The Kier molecular flexibility index (Phi) is 9.08. The minimum Gasteiger partial charge on any atom is -0.461 e. The number of fused-ring (bicyclic) bond motifs is 3. The van der Waals surface area contributed by atoms with Gasteiger partial charge in [-0.15, -0.1) is 0 Å². The number of esters is 1. The molecule has 0 aromatic heterocycles. The lowest BCUT2D eigenvalue weighted by Gasteiger charge is -2.27. The molecule has 0 aliphatic heterocycles. The Labute approximate surface area is 234 Å². The largest absolute Gasteiger partial charge is 0.461 e. The lowest BCUT2D eigenvalue weighted by molar-refractivity contribution is -0.152. The molecule has 2 N–H and O–H groups in total. The van der Waals surface area contributed by atoms with E-state index in [0.29, 0.717) is 12.8 Å². The van der Waals surface area contributed by atoms with Crippen molar-refractivity contribution in [2.75, 3.05) is 19.9 Å². The highest BCUT2D eigenvalue weighted by Gasteiger charge is 2.29. The molecule has 0 radical (unpaired) electrons. The van der Waals surface area contributed by atoms with E-state index in [9.17, 15) is 14.4 Å². The molecular formula is C32H34N2O6. The number of benzene rings is 3. The van der Waals surface area contributed by atoms with E-state index in [1.54, 1.807) is 0 Å². The van der Waals surface area contributed by atoms with Crippen LogP contribution in [0.4, 0.5) is 4.79 Å². The molecule has 2 amide bonds. The van der Waals surface area contributed by atoms with Gasteiger partial charge in [0.25, 0.3) is 0 Å². The van der Waals surface area contributed by atoms with Gasteiger partial charge in [0.05, 0.1) is 12.0 Å². The quantitative estimate of drug-likeness (QED) is 0.279. The maximum Gasteiger partial charge on any atom is 0.407 e. The first-order chi connectivity index (χ1) is 19.6. The molecule has 2 aliphatic rings. The van der Waals surface area contributed by atoms with E-state index in [2.05, 4.69) is 34.9 Å². The summed E-state index contributed by atoms with van der Waals surface area (Å²) in [5.41, 5.74) is 5.54.